The van der Waals surface area contributed by atoms with Crippen LogP contribution >= 0.6 is 0 Å². The lowest BCUT2D eigenvalue weighted by Crippen LogP contribution is -2.23. The number of rotatable bonds is 5. The number of ether oxygens (including phenoxy) is 1. The van der Waals surface area contributed by atoms with E-state index < -0.39 is 0 Å². The fourth-order valence-electron chi connectivity index (χ4n) is 3.78. The lowest BCUT2D eigenvalue weighted by Gasteiger charge is -2.11. The molecule has 3 aromatic rings. The maximum atomic E-state index is 12.6. The van der Waals surface area contributed by atoms with Gasteiger partial charge in [-0.1, -0.05) is 18.2 Å². The predicted molar refractivity (Wildman–Crippen MR) is 104 cm³/mol. The van der Waals surface area contributed by atoms with E-state index in [1.165, 1.54) is 35.0 Å². The van der Waals surface area contributed by atoms with Gasteiger partial charge >= 0.3 is 0 Å². The number of benzene rings is 2. The van der Waals surface area contributed by atoms with Crippen LogP contribution in [-0.2, 0) is 19.4 Å². The van der Waals surface area contributed by atoms with Gasteiger partial charge in [-0.15, -0.1) is 0 Å². The summed E-state index contributed by atoms with van der Waals surface area (Å²) in [5, 5.41) is 4.33. The van der Waals surface area contributed by atoms with Gasteiger partial charge in [0, 0.05) is 23.1 Å². The van der Waals surface area contributed by atoms with E-state index in [2.05, 4.69) is 28.5 Å². The van der Waals surface area contributed by atoms with Gasteiger partial charge in [0.25, 0.3) is 5.91 Å². The Labute approximate surface area is 153 Å². The molecular formula is C22H24N2O2. The number of aromatic nitrogens is 1. The summed E-state index contributed by atoms with van der Waals surface area (Å²) < 4.78 is 5.55. The van der Waals surface area contributed by atoms with Gasteiger partial charge in [-0.2, -0.15) is 0 Å². The summed E-state index contributed by atoms with van der Waals surface area (Å²) >= 11 is 0. The molecule has 4 nitrogen and oxygen atoms in total. The Balaban J connectivity index is 1.52. The Morgan fingerprint density at radius 3 is 2.88 bits per heavy atom. The van der Waals surface area contributed by atoms with Crippen molar-refractivity contribution in [3.63, 3.8) is 0 Å². The zero-order valence-electron chi connectivity index (χ0n) is 15.1. The van der Waals surface area contributed by atoms with Crippen molar-refractivity contribution in [1.29, 1.82) is 0 Å². The number of para-hydroxylation sites is 1. The number of aromatic amines is 1. The average Bonchev–Trinajstić information content (AvgIpc) is 3.05. The molecule has 0 saturated heterocycles. The first-order chi connectivity index (χ1) is 12.8. The molecule has 0 fully saturated rings. The van der Waals surface area contributed by atoms with Crippen LogP contribution in [0.1, 0.15) is 46.9 Å². The fourth-order valence-corrected chi connectivity index (χ4v) is 3.78. The molecule has 0 radical (unpaired) electrons. The van der Waals surface area contributed by atoms with Gasteiger partial charge in [0.05, 0.1) is 12.2 Å². The van der Waals surface area contributed by atoms with E-state index in [1.807, 2.05) is 25.1 Å². The second-order valence-corrected chi connectivity index (χ2v) is 6.78. The van der Waals surface area contributed by atoms with E-state index in [9.17, 15) is 4.79 Å². The summed E-state index contributed by atoms with van der Waals surface area (Å²) in [6.07, 6.45) is 4.81. The van der Waals surface area contributed by atoms with Gasteiger partial charge in [0.1, 0.15) is 5.75 Å². The minimum Gasteiger partial charge on any atom is -0.493 e. The summed E-state index contributed by atoms with van der Waals surface area (Å²) in [5.41, 5.74) is 5.74. The van der Waals surface area contributed by atoms with Crippen molar-refractivity contribution >= 4 is 16.8 Å². The van der Waals surface area contributed by atoms with Crippen LogP contribution in [0.5, 0.6) is 5.75 Å². The Hall–Kier alpha value is -2.75. The molecule has 1 aliphatic rings. The van der Waals surface area contributed by atoms with E-state index in [0.29, 0.717) is 24.5 Å². The molecule has 0 saturated carbocycles. The molecule has 26 heavy (non-hydrogen) atoms. The molecule has 2 N–H and O–H groups in total. The Morgan fingerprint density at radius 2 is 2.00 bits per heavy atom. The summed E-state index contributed by atoms with van der Waals surface area (Å²) in [4.78, 5) is 16.1. The number of hydrogen-bond acceptors (Lipinski definition) is 2. The van der Waals surface area contributed by atoms with Gasteiger partial charge in [0.2, 0.25) is 0 Å². The predicted octanol–water partition coefficient (Wildman–Crippen LogP) is 4.38. The first-order valence-corrected chi connectivity index (χ1v) is 9.38. The topological polar surface area (TPSA) is 54.1 Å². The molecule has 1 amide bonds. The number of nitrogens with one attached hydrogen (secondary N) is 2. The number of fused-ring (bicyclic) bond motifs is 3. The minimum atomic E-state index is -0.106. The summed E-state index contributed by atoms with van der Waals surface area (Å²) in [7, 11) is 0. The zero-order valence-corrected chi connectivity index (χ0v) is 15.1. The highest BCUT2D eigenvalue weighted by molar-refractivity contribution is 5.97. The highest BCUT2D eigenvalue weighted by atomic mass is 16.5. The largest absolute Gasteiger partial charge is 0.493 e. The van der Waals surface area contributed by atoms with Gasteiger partial charge in [-0.3, -0.25) is 4.79 Å². The van der Waals surface area contributed by atoms with Crippen LogP contribution in [0.25, 0.3) is 10.9 Å². The van der Waals surface area contributed by atoms with Crippen molar-refractivity contribution in [2.75, 3.05) is 6.61 Å². The van der Waals surface area contributed by atoms with Crippen molar-refractivity contribution in [3.8, 4) is 5.75 Å². The molecule has 1 aliphatic carbocycles. The number of amides is 1. The van der Waals surface area contributed by atoms with Crippen LogP contribution in [0.3, 0.4) is 0 Å². The molecule has 134 valence electrons. The van der Waals surface area contributed by atoms with Crippen LogP contribution in [0.15, 0.2) is 42.5 Å². The summed E-state index contributed by atoms with van der Waals surface area (Å²) in [5.74, 6) is 0.521. The molecule has 4 heteroatoms. The highest BCUT2D eigenvalue weighted by Gasteiger charge is 2.16. The standard InChI is InChI=1S/C22H24N2O2/c1-2-26-21-10-6-4-8-17(21)22(25)23-14-15-11-12-20-18(13-15)16-7-3-5-9-19(16)24-20/h4,6,8,10-13,24H,2-3,5,7,9,14H2,1H3,(H,23,25). The van der Waals surface area contributed by atoms with Crippen LogP contribution in [0.4, 0.5) is 0 Å². The molecule has 0 spiro atoms. The van der Waals surface area contributed by atoms with Crippen molar-refractivity contribution in [2.45, 2.75) is 39.2 Å². The van der Waals surface area contributed by atoms with Crippen LogP contribution in [0.2, 0.25) is 0 Å². The molecule has 0 atom stereocenters. The van der Waals surface area contributed by atoms with E-state index in [0.717, 1.165) is 18.4 Å². The molecule has 0 bridgehead atoms. The Kier molecular flexibility index (Phi) is 4.65. The molecule has 0 aliphatic heterocycles. The number of H-pyrrole nitrogens is 1. The minimum absolute atomic E-state index is 0.106. The van der Waals surface area contributed by atoms with E-state index in [4.69, 9.17) is 4.74 Å². The summed E-state index contributed by atoms with van der Waals surface area (Å²) in [6.45, 7) is 2.97. The smallest absolute Gasteiger partial charge is 0.255 e. The van der Waals surface area contributed by atoms with E-state index in [-0.39, 0.29) is 5.91 Å². The normalized spacial score (nSPS) is 13.4. The number of carbonyl (C=O) groups is 1. The zero-order chi connectivity index (χ0) is 17.9. The average molecular weight is 348 g/mol. The lowest BCUT2D eigenvalue weighted by molar-refractivity contribution is 0.0947. The quantitative estimate of drug-likeness (QED) is 0.719. The van der Waals surface area contributed by atoms with Crippen LogP contribution in [-0.4, -0.2) is 17.5 Å². The first-order valence-electron chi connectivity index (χ1n) is 9.38. The maximum Gasteiger partial charge on any atom is 0.255 e. The summed E-state index contributed by atoms with van der Waals surface area (Å²) in [6, 6.07) is 13.8. The van der Waals surface area contributed by atoms with Gasteiger partial charge < -0.3 is 15.0 Å². The molecule has 1 aromatic heterocycles. The molecular weight excluding hydrogens is 324 g/mol. The maximum absolute atomic E-state index is 12.6. The third-order valence-corrected chi connectivity index (χ3v) is 5.05. The second kappa shape index (κ2) is 7.24. The van der Waals surface area contributed by atoms with Crippen LogP contribution in [0, 0.1) is 0 Å². The van der Waals surface area contributed by atoms with Gasteiger partial charge in [-0.05, 0) is 68.0 Å². The monoisotopic (exact) mass is 348 g/mol. The number of aryl methyl sites for hydroxylation is 2. The molecule has 1 heterocycles. The first kappa shape index (κ1) is 16.7. The van der Waals surface area contributed by atoms with Crippen molar-refractivity contribution in [3.05, 3.63) is 64.8 Å². The van der Waals surface area contributed by atoms with E-state index in [1.54, 1.807) is 6.07 Å². The molecule has 2 aromatic carbocycles. The molecule has 0 unspecified atom stereocenters. The van der Waals surface area contributed by atoms with Gasteiger partial charge in [0.15, 0.2) is 0 Å². The third kappa shape index (κ3) is 3.19. The second-order valence-electron chi connectivity index (χ2n) is 6.78. The van der Waals surface area contributed by atoms with Crippen molar-refractivity contribution in [2.24, 2.45) is 0 Å². The lowest BCUT2D eigenvalue weighted by atomic mass is 9.95. The van der Waals surface area contributed by atoms with E-state index >= 15 is 0 Å². The number of hydrogen-bond donors (Lipinski definition) is 2. The Bertz CT molecular complexity index is 942. The van der Waals surface area contributed by atoms with Gasteiger partial charge in [-0.25, -0.2) is 0 Å². The molecule has 4 rings (SSSR count). The SMILES string of the molecule is CCOc1ccccc1C(=O)NCc1ccc2[nH]c3c(c2c1)CCCC3. The fraction of sp³-hybridized carbons (Fsp3) is 0.318. The van der Waals surface area contributed by atoms with Crippen LogP contribution < -0.4 is 10.1 Å². The number of carbonyl (C=O) groups excluding carboxylic acids is 1. The third-order valence-electron chi connectivity index (χ3n) is 5.05. The van der Waals surface area contributed by atoms with Crippen molar-refractivity contribution < 1.29 is 9.53 Å². The Morgan fingerprint density at radius 1 is 1.15 bits per heavy atom. The van der Waals surface area contributed by atoms with Crippen molar-refractivity contribution in [1.82, 2.24) is 10.3 Å². The highest BCUT2D eigenvalue weighted by Crippen LogP contribution is 2.29.